The van der Waals surface area contributed by atoms with Crippen molar-refractivity contribution in [1.82, 2.24) is 15.5 Å². The number of carbonyl (C=O) groups excluding carboxylic acids is 1. The molecule has 7 nitrogen and oxygen atoms in total. The zero-order chi connectivity index (χ0) is 18.4. The number of hydrogen-bond donors (Lipinski definition) is 3. The number of thiophene rings is 2. The van der Waals surface area contributed by atoms with Gasteiger partial charge in [0.05, 0.1) is 6.04 Å². The van der Waals surface area contributed by atoms with Gasteiger partial charge in [0, 0.05) is 22.8 Å². The highest BCUT2D eigenvalue weighted by Gasteiger charge is 2.16. The molecule has 4 N–H and O–H groups in total. The van der Waals surface area contributed by atoms with Gasteiger partial charge in [0.25, 0.3) is 0 Å². The van der Waals surface area contributed by atoms with Crippen LogP contribution in [0.1, 0.15) is 15.8 Å². The lowest BCUT2D eigenvalue weighted by atomic mass is 10.2. The molecule has 2 amide bonds. The van der Waals surface area contributed by atoms with Crippen LogP contribution in [0.15, 0.2) is 33.9 Å². The van der Waals surface area contributed by atoms with E-state index in [1.807, 2.05) is 25.5 Å². The smallest absolute Gasteiger partial charge is 0.314 e. The minimum Gasteiger partial charge on any atom is -0.338 e. The Kier molecular flexibility index (Phi) is 6.96. The van der Waals surface area contributed by atoms with Crippen molar-refractivity contribution in [2.24, 2.45) is 5.14 Å². The molecular formula is C15H22N4O3S3. The third kappa shape index (κ3) is 6.08. The third-order valence-electron chi connectivity index (χ3n) is 3.53. The number of nitrogens with one attached hydrogen (secondary N) is 2. The second-order valence-electron chi connectivity index (χ2n) is 5.65. The van der Waals surface area contributed by atoms with Crippen LogP contribution in [0.4, 0.5) is 4.79 Å². The summed E-state index contributed by atoms with van der Waals surface area (Å²) in [5.41, 5.74) is 0. The monoisotopic (exact) mass is 402 g/mol. The highest BCUT2D eigenvalue weighted by Crippen LogP contribution is 2.22. The molecule has 0 spiro atoms. The van der Waals surface area contributed by atoms with Crippen molar-refractivity contribution in [2.75, 3.05) is 27.2 Å². The number of nitrogens with two attached hydrogens (primary N) is 1. The lowest BCUT2D eigenvalue weighted by Gasteiger charge is -2.23. The summed E-state index contributed by atoms with van der Waals surface area (Å²) >= 11 is 2.78. The zero-order valence-corrected chi connectivity index (χ0v) is 16.5. The summed E-state index contributed by atoms with van der Waals surface area (Å²) in [5.74, 6) is 0. The fourth-order valence-electron chi connectivity index (χ4n) is 2.22. The minimum absolute atomic E-state index is 0.125. The maximum Gasteiger partial charge on any atom is 0.314 e. The Morgan fingerprint density at radius 2 is 2.04 bits per heavy atom. The van der Waals surface area contributed by atoms with Gasteiger partial charge >= 0.3 is 6.03 Å². The first kappa shape index (κ1) is 19.9. The molecule has 0 aromatic carbocycles. The van der Waals surface area contributed by atoms with E-state index < -0.39 is 10.0 Å². The van der Waals surface area contributed by atoms with Crippen LogP contribution in [0.25, 0.3) is 0 Å². The second kappa shape index (κ2) is 8.77. The predicted molar refractivity (Wildman–Crippen MR) is 102 cm³/mol. The van der Waals surface area contributed by atoms with Gasteiger partial charge in [-0.3, -0.25) is 0 Å². The van der Waals surface area contributed by atoms with Gasteiger partial charge in [-0.1, -0.05) is 6.07 Å². The van der Waals surface area contributed by atoms with E-state index in [-0.39, 0.29) is 16.3 Å². The van der Waals surface area contributed by atoms with E-state index >= 15 is 0 Å². The summed E-state index contributed by atoms with van der Waals surface area (Å²) in [6.45, 7) is 0.927. The predicted octanol–water partition coefficient (Wildman–Crippen LogP) is 1.60. The third-order valence-corrected chi connectivity index (χ3v) is 7.08. The first-order valence-electron chi connectivity index (χ1n) is 7.60. The SMILES string of the molecule is CN(C)[C@H](CNC(=O)NCCc1ccc(S(N)(=O)=O)s1)c1cccs1. The summed E-state index contributed by atoms with van der Waals surface area (Å²) in [5, 5.41) is 12.7. The molecule has 0 unspecified atom stereocenters. The van der Waals surface area contributed by atoms with E-state index in [2.05, 4.69) is 21.6 Å². The Balaban J connectivity index is 1.76. The van der Waals surface area contributed by atoms with Gasteiger partial charge in [-0.25, -0.2) is 18.4 Å². The Morgan fingerprint density at radius 3 is 2.60 bits per heavy atom. The van der Waals surface area contributed by atoms with Gasteiger partial charge < -0.3 is 15.5 Å². The van der Waals surface area contributed by atoms with Crippen LogP contribution >= 0.6 is 22.7 Å². The first-order chi connectivity index (χ1) is 11.8. The van der Waals surface area contributed by atoms with E-state index in [0.29, 0.717) is 19.5 Å². The van der Waals surface area contributed by atoms with E-state index in [1.54, 1.807) is 17.4 Å². The molecule has 0 fully saturated rings. The lowest BCUT2D eigenvalue weighted by molar-refractivity contribution is 0.233. The van der Waals surface area contributed by atoms with Crippen LogP contribution in [0.3, 0.4) is 0 Å². The first-order valence-corrected chi connectivity index (χ1v) is 10.8. The van der Waals surface area contributed by atoms with Crippen LogP contribution < -0.4 is 15.8 Å². The van der Waals surface area contributed by atoms with Crippen LogP contribution in [-0.2, 0) is 16.4 Å². The number of amides is 2. The average molecular weight is 403 g/mol. The molecule has 0 bridgehead atoms. The molecule has 25 heavy (non-hydrogen) atoms. The summed E-state index contributed by atoms with van der Waals surface area (Å²) < 4.78 is 22.6. The van der Waals surface area contributed by atoms with Crippen molar-refractivity contribution in [2.45, 2.75) is 16.7 Å². The summed E-state index contributed by atoms with van der Waals surface area (Å²) in [6, 6.07) is 7.12. The molecule has 138 valence electrons. The highest BCUT2D eigenvalue weighted by molar-refractivity contribution is 7.91. The Morgan fingerprint density at radius 1 is 1.28 bits per heavy atom. The molecule has 0 aliphatic heterocycles. The van der Waals surface area contributed by atoms with E-state index in [0.717, 1.165) is 16.2 Å². The summed E-state index contributed by atoms with van der Waals surface area (Å²) in [6.07, 6.45) is 0.551. The molecule has 1 atom stereocenters. The molecule has 10 heteroatoms. The van der Waals surface area contributed by atoms with Crippen molar-refractivity contribution in [3.8, 4) is 0 Å². The van der Waals surface area contributed by atoms with E-state index in [1.165, 1.54) is 10.9 Å². The molecular weight excluding hydrogens is 380 g/mol. The molecule has 0 saturated carbocycles. The fraction of sp³-hybridized carbons (Fsp3) is 0.400. The van der Waals surface area contributed by atoms with E-state index in [9.17, 15) is 13.2 Å². The molecule has 2 aromatic rings. The molecule has 2 rings (SSSR count). The second-order valence-corrected chi connectivity index (χ2v) is 9.58. The van der Waals surface area contributed by atoms with Crippen LogP contribution in [0.5, 0.6) is 0 Å². The molecule has 2 aromatic heterocycles. The van der Waals surface area contributed by atoms with Gasteiger partial charge in [0.1, 0.15) is 4.21 Å². The molecule has 0 aliphatic rings. The lowest BCUT2D eigenvalue weighted by Crippen LogP contribution is -2.40. The highest BCUT2D eigenvalue weighted by atomic mass is 32.2. The Bertz CT molecular complexity index is 785. The molecule has 0 saturated heterocycles. The van der Waals surface area contributed by atoms with Gasteiger partial charge in [0.15, 0.2) is 0 Å². The normalized spacial score (nSPS) is 13.0. The number of likely N-dealkylation sites (N-methyl/N-ethyl adjacent to an activating group) is 1. The standard InChI is InChI=1S/C15H22N4O3S3/c1-19(2)12(13-4-3-9-23-13)10-18-15(20)17-8-7-11-5-6-14(24-11)25(16,21)22/h3-6,9,12H,7-8,10H2,1-2H3,(H2,16,21,22)(H2,17,18,20)/t12-/m1/s1. The largest absolute Gasteiger partial charge is 0.338 e. The Labute approximate surface area is 155 Å². The maximum absolute atomic E-state index is 11.9. The van der Waals surface area contributed by atoms with E-state index in [4.69, 9.17) is 5.14 Å². The number of carbonyl (C=O) groups is 1. The van der Waals surface area contributed by atoms with Crippen molar-refractivity contribution in [3.05, 3.63) is 39.4 Å². The molecule has 0 aliphatic carbocycles. The van der Waals surface area contributed by atoms with Gasteiger partial charge in [-0.15, -0.1) is 22.7 Å². The number of sulfonamides is 1. The van der Waals surface area contributed by atoms with Gasteiger partial charge in [-0.2, -0.15) is 0 Å². The van der Waals surface area contributed by atoms with Crippen molar-refractivity contribution in [3.63, 3.8) is 0 Å². The quantitative estimate of drug-likeness (QED) is 0.624. The van der Waals surface area contributed by atoms with Crippen LogP contribution in [0.2, 0.25) is 0 Å². The number of nitrogens with zero attached hydrogens (tertiary/aromatic N) is 1. The molecule has 0 radical (unpaired) electrons. The number of primary sulfonamides is 1. The summed E-state index contributed by atoms with van der Waals surface area (Å²) in [4.78, 5) is 16.1. The molecule has 2 heterocycles. The minimum atomic E-state index is -3.66. The maximum atomic E-state index is 11.9. The Hall–Kier alpha value is -1.46. The topological polar surface area (TPSA) is 105 Å². The average Bonchev–Trinajstić information content (AvgIpc) is 3.18. The summed E-state index contributed by atoms with van der Waals surface area (Å²) in [7, 11) is 0.296. The number of urea groups is 1. The van der Waals surface area contributed by atoms with Crippen LogP contribution in [0, 0.1) is 0 Å². The van der Waals surface area contributed by atoms with Crippen molar-refractivity contribution >= 4 is 38.7 Å². The van der Waals surface area contributed by atoms with Gasteiger partial charge in [0.2, 0.25) is 10.0 Å². The van der Waals surface area contributed by atoms with Crippen molar-refractivity contribution in [1.29, 1.82) is 0 Å². The van der Waals surface area contributed by atoms with Crippen molar-refractivity contribution < 1.29 is 13.2 Å². The van der Waals surface area contributed by atoms with Gasteiger partial charge in [-0.05, 0) is 44.1 Å². The zero-order valence-electron chi connectivity index (χ0n) is 14.1. The van der Waals surface area contributed by atoms with Crippen LogP contribution in [-0.4, -0.2) is 46.5 Å². The fourth-order valence-corrected chi connectivity index (χ4v) is 4.92. The number of rotatable bonds is 8. The number of hydrogen-bond acceptors (Lipinski definition) is 6.